The van der Waals surface area contributed by atoms with Gasteiger partial charge in [-0.3, -0.25) is 14.4 Å². The van der Waals surface area contributed by atoms with E-state index >= 15 is 0 Å². The molecule has 0 radical (unpaired) electrons. The fraction of sp³-hybridized carbons (Fsp3) is 0.500. The number of nitrogens with zero attached hydrogens (tertiary/aromatic N) is 5. The summed E-state index contributed by atoms with van der Waals surface area (Å²) in [6, 6.07) is 3.61. The van der Waals surface area contributed by atoms with Gasteiger partial charge in [-0.05, 0) is 13.0 Å². The lowest BCUT2D eigenvalue weighted by Gasteiger charge is -2.34. The first-order valence-corrected chi connectivity index (χ1v) is 7.15. The first-order valence-electron chi connectivity index (χ1n) is 7.15. The van der Waals surface area contributed by atoms with Crippen molar-refractivity contribution in [3.8, 4) is 0 Å². The summed E-state index contributed by atoms with van der Waals surface area (Å²) < 4.78 is 6.89. The van der Waals surface area contributed by atoms with Crippen LogP contribution in [-0.4, -0.2) is 63.4 Å². The maximum Gasteiger partial charge on any atom is 0.276 e. The summed E-state index contributed by atoms with van der Waals surface area (Å²) in [6.07, 6.45) is 3.75. The van der Waals surface area contributed by atoms with E-state index in [1.54, 1.807) is 19.2 Å². The van der Waals surface area contributed by atoms with E-state index in [1.807, 2.05) is 21.8 Å². The second-order valence-corrected chi connectivity index (χ2v) is 5.23. The minimum Gasteiger partial charge on any atom is -0.361 e. The van der Waals surface area contributed by atoms with Crippen molar-refractivity contribution >= 4 is 5.91 Å². The molecule has 0 N–H and O–H groups in total. The molecule has 1 saturated heterocycles. The van der Waals surface area contributed by atoms with E-state index < -0.39 is 0 Å². The summed E-state index contributed by atoms with van der Waals surface area (Å²) in [4.78, 5) is 16.4. The molecule has 0 aromatic carbocycles. The van der Waals surface area contributed by atoms with E-state index in [9.17, 15) is 4.79 Å². The molecule has 1 fully saturated rings. The Balaban J connectivity index is 1.47. The molecule has 112 valence electrons. The van der Waals surface area contributed by atoms with Crippen molar-refractivity contribution in [3.63, 3.8) is 0 Å². The minimum absolute atomic E-state index is 0.0430. The van der Waals surface area contributed by atoms with Crippen LogP contribution >= 0.6 is 0 Å². The molecule has 2 aromatic heterocycles. The van der Waals surface area contributed by atoms with Crippen LogP contribution in [0, 0.1) is 6.92 Å². The van der Waals surface area contributed by atoms with Gasteiger partial charge < -0.3 is 9.42 Å². The Kier molecular flexibility index (Phi) is 4.01. The van der Waals surface area contributed by atoms with Crippen LogP contribution in [0.15, 0.2) is 29.0 Å². The van der Waals surface area contributed by atoms with Crippen LogP contribution < -0.4 is 0 Å². The van der Waals surface area contributed by atoms with E-state index in [4.69, 9.17) is 4.52 Å². The van der Waals surface area contributed by atoms with Crippen molar-refractivity contribution in [3.05, 3.63) is 36.0 Å². The molecule has 0 spiro atoms. The van der Waals surface area contributed by atoms with Crippen molar-refractivity contribution in [1.82, 2.24) is 24.7 Å². The predicted octanol–water partition coefficient (Wildman–Crippen LogP) is 0.638. The number of piperazine rings is 1. The third-order valence-corrected chi connectivity index (χ3v) is 3.71. The molecule has 0 atom stereocenters. The molecule has 0 aliphatic carbocycles. The third-order valence-electron chi connectivity index (χ3n) is 3.71. The summed E-state index contributed by atoms with van der Waals surface area (Å²) in [5.74, 6) is 0.620. The molecule has 0 unspecified atom stereocenters. The van der Waals surface area contributed by atoms with E-state index in [0.717, 1.165) is 39.3 Å². The SMILES string of the molecule is Cc1cc(C(=O)N2CCN(CCn3cccn3)CC2)no1. The summed E-state index contributed by atoms with van der Waals surface area (Å²) in [5.41, 5.74) is 0.400. The number of rotatable bonds is 4. The van der Waals surface area contributed by atoms with Gasteiger partial charge in [-0.15, -0.1) is 0 Å². The van der Waals surface area contributed by atoms with Gasteiger partial charge in [-0.25, -0.2) is 0 Å². The van der Waals surface area contributed by atoms with Gasteiger partial charge in [0.15, 0.2) is 5.69 Å². The second kappa shape index (κ2) is 6.09. The normalized spacial score (nSPS) is 16.3. The van der Waals surface area contributed by atoms with Crippen LogP contribution in [0.25, 0.3) is 0 Å². The largest absolute Gasteiger partial charge is 0.361 e. The Bertz CT molecular complexity index is 584. The number of hydrogen-bond donors (Lipinski definition) is 0. The van der Waals surface area contributed by atoms with Crippen LogP contribution in [0.3, 0.4) is 0 Å². The Morgan fingerprint density at radius 1 is 1.29 bits per heavy atom. The van der Waals surface area contributed by atoms with Crippen molar-refractivity contribution in [2.45, 2.75) is 13.5 Å². The zero-order chi connectivity index (χ0) is 14.7. The molecule has 3 heterocycles. The Morgan fingerprint density at radius 3 is 2.71 bits per heavy atom. The minimum atomic E-state index is -0.0430. The molecular formula is C14H19N5O2. The van der Waals surface area contributed by atoms with Crippen LogP contribution in [0.5, 0.6) is 0 Å². The van der Waals surface area contributed by atoms with Gasteiger partial charge >= 0.3 is 0 Å². The quantitative estimate of drug-likeness (QED) is 0.826. The fourth-order valence-corrected chi connectivity index (χ4v) is 2.48. The zero-order valence-electron chi connectivity index (χ0n) is 12.1. The third kappa shape index (κ3) is 3.30. The van der Waals surface area contributed by atoms with Gasteiger partial charge in [0, 0.05) is 51.2 Å². The molecule has 2 aromatic rings. The summed E-state index contributed by atoms with van der Waals surface area (Å²) in [6.45, 7) is 6.83. The highest BCUT2D eigenvalue weighted by molar-refractivity contribution is 5.92. The standard InChI is InChI=1S/C14H19N5O2/c1-12-11-13(16-21-12)14(20)18-8-5-17(6-9-18)7-10-19-4-2-3-15-19/h2-4,11H,5-10H2,1H3. The molecule has 0 bridgehead atoms. The monoisotopic (exact) mass is 289 g/mol. The Labute approximate surface area is 123 Å². The van der Waals surface area contributed by atoms with E-state index in [2.05, 4.69) is 15.2 Å². The molecule has 1 aliphatic heterocycles. The van der Waals surface area contributed by atoms with Crippen molar-refractivity contribution in [1.29, 1.82) is 0 Å². The van der Waals surface area contributed by atoms with Crippen molar-refractivity contribution < 1.29 is 9.32 Å². The van der Waals surface area contributed by atoms with Crippen LogP contribution in [-0.2, 0) is 6.54 Å². The van der Waals surface area contributed by atoms with Crippen LogP contribution in [0.2, 0.25) is 0 Å². The molecule has 1 amide bonds. The summed E-state index contributed by atoms with van der Waals surface area (Å²) in [5, 5.41) is 7.98. The second-order valence-electron chi connectivity index (χ2n) is 5.23. The van der Waals surface area contributed by atoms with Crippen molar-refractivity contribution in [2.75, 3.05) is 32.7 Å². The number of hydrogen-bond acceptors (Lipinski definition) is 5. The molecular weight excluding hydrogens is 270 g/mol. The lowest BCUT2D eigenvalue weighted by Crippen LogP contribution is -2.49. The van der Waals surface area contributed by atoms with Gasteiger partial charge in [0.05, 0.1) is 6.54 Å². The van der Waals surface area contributed by atoms with Gasteiger partial charge in [-0.2, -0.15) is 5.10 Å². The van der Waals surface area contributed by atoms with Gasteiger partial charge in [0.1, 0.15) is 5.76 Å². The van der Waals surface area contributed by atoms with Gasteiger partial charge in [0.25, 0.3) is 5.91 Å². The lowest BCUT2D eigenvalue weighted by atomic mass is 10.2. The zero-order valence-corrected chi connectivity index (χ0v) is 12.1. The highest BCUT2D eigenvalue weighted by Crippen LogP contribution is 2.09. The number of aryl methyl sites for hydroxylation is 1. The topological polar surface area (TPSA) is 67.4 Å². The highest BCUT2D eigenvalue weighted by atomic mass is 16.5. The number of carbonyl (C=O) groups is 1. The van der Waals surface area contributed by atoms with E-state index in [1.165, 1.54) is 0 Å². The predicted molar refractivity (Wildman–Crippen MR) is 75.8 cm³/mol. The molecule has 7 heteroatoms. The number of amides is 1. The first kappa shape index (κ1) is 13.8. The summed E-state index contributed by atoms with van der Waals surface area (Å²) in [7, 11) is 0. The van der Waals surface area contributed by atoms with Crippen LogP contribution in [0.1, 0.15) is 16.2 Å². The average molecular weight is 289 g/mol. The first-order chi connectivity index (χ1) is 10.2. The number of aromatic nitrogens is 3. The van der Waals surface area contributed by atoms with Gasteiger partial charge in [-0.1, -0.05) is 5.16 Å². The molecule has 1 aliphatic rings. The van der Waals surface area contributed by atoms with E-state index in [-0.39, 0.29) is 5.91 Å². The van der Waals surface area contributed by atoms with Crippen molar-refractivity contribution in [2.24, 2.45) is 0 Å². The molecule has 21 heavy (non-hydrogen) atoms. The smallest absolute Gasteiger partial charge is 0.276 e. The lowest BCUT2D eigenvalue weighted by molar-refractivity contribution is 0.0622. The molecule has 7 nitrogen and oxygen atoms in total. The highest BCUT2D eigenvalue weighted by Gasteiger charge is 2.23. The summed E-state index contributed by atoms with van der Waals surface area (Å²) >= 11 is 0. The Morgan fingerprint density at radius 2 is 2.10 bits per heavy atom. The van der Waals surface area contributed by atoms with Gasteiger partial charge in [0.2, 0.25) is 0 Å². The number of carbonyl (C=O) groups excluding carboxylic acids is 1. The molecule has 0 saturated carbocycles. The Hall–Kier alpha value is -2.15. The molecule has 3 rings (SSSR count). The fourth-order valence-electron chi connectivity index (χ4n) is 2.48. The van der Waals surface area contributed by atoms with Crippen LogP contribution in [0.4, 0.5) is 0 Å². The van der Waals surface area contributed by atoms with E-state index in [0.29, 0.717) is 11.5 Å². The maximum atomic E-state index is 12.2. The maximum absolute atomic E-state index is 12.2. The average Bonchev–Trinajstić information content (AvgIpc) is 3.16.